The van der Waals surface area contributed by atoms with E-state index in [4.69, 9.17) is 0 Å². The molecule has 0 bridgehead atoms. The van der Waals surface area contributed by atoms with E-state index < -0.39 is 0 Å². The number of carbonyl (C=O) groups excluding carboxylic acids is 1. The van der Waals surface area contributed by atoms with Crippen LogP contribution in [0.2, 0.25) is 0 Å². The third-order valence-corrected chi connectivity index (χ3v) is 2.69. The molecule has 17 heavy (non-hydrogen) atoms. The molecule has 0 spiro atoms. The fraction of sp³-hybridized carbons (Fsp3) is 0.571. The summed E-state index contributed by atoms with van der Waals surface area (Å²) in [6, 6.07) is 4.06. The molecule has 94 valence electrons. The van der Waals surface area contributed by atoms with Gasteiger partial charge in [0.2, 0.25) is 5.91 Å². The van der Waals surface area contributed by atoms with Crippen molar-refractivity contribution in [2.45, 2.75) is 40.5 Å². The van der Waals surface area contributed by atoms with Crippen LogP contribution in [0.4, 0.5) is 0 Å². The van der Waals surface area contributed by atoms with Crippen molar-refractivity contribution in [2.75, 3.05) is 6.54 Å². The molecule has 1 amide bonds. The quantitative estimate of drug-likeness (QED) is 0.873. The maximum absolute atomic E-state index is 11.7. The van der Waals surface area contributed by atoms with Crippen molar-refractivity contribution in [1.29, 1.82) is 0 Å². The van der Waals surface area contributed by atoms with Gasteiger partial charge < -0.3 is 5.32 Å². The van der Waals surface area contributed by atoms with E-state index >= 15 is 0 Å². The third kappa shape index (κ3) is 4.17. The van der Waals surface area contributed by atoms with E-state index in [9.17, 15) is 4.79 Å². The van der Waals surface area contributed by atoms with Gasteiger partial charge in [-0.3, -0.25) is 9.78 Å². The van der Waals surface area contributed by atoms with Crippen LogP contribution in [-0.4, -0.2) is 17.4 Å². The summed E-state index contributed by atoms with van der Waals surface area (Å²) in [6.45, 7) is 10.5. The summed E-state index contributed by atoms with van der Waals surface area (Å²) in [5.41, 5.74) is 1.84. The molecule has 1 N–H and O–H groups in total. The molecule has 0 aliphatic rings. The van der Waals surface area contributed by atoms with Crippen LogP contribution in [0.1, 0.15) is 44.9 Å². The minimum atomic E-state index is -0.333. The summed E-state index contributed by atoms with van der Waals surface area (Å²) in [7, 11) is 0. The number of aromatic nitrogens is 1. The summed E-state index contributed by atoms with van der Waals surface area (Å²) in [6.07, 6.45) is 1.86. The summed E-state index contributed by atoms with van der Waals surface area (Å²) >= 11 is 0. The number of nitrogens with zero attached hydrogens (tertiary/aromatic N) is 1. The summed E-state index contributed by atoms with van der Waals surface area (Å²) in [5.74, 6) is 0.318. The van der Waals surface area contributed by atoms with Crippen molar-refractivity contribution in [3.8, 4) is 0 Å². The lowest BCUT2D eigenvalue weighted by Gasteiger charge is -2.19. The standard InChI is InChI=1S/C14H22N2O/c1-10-6-7-12(15-8-10)11(2)9-16-13(17)14(3,4)5/h6-8,11H,9H2,1-5H3,(H,16,17). The van der Waals surface area contributed by atoms with Gasteiger partial charge in [-0.1, -0.05) is 33.8 Å². The Bertz CT molecular complexity index is 376. The Morgan fingerprint density at radius 2 is 2.06 bits per heavy atom. The van der Waals surface area contributed by atoms with Crippen molar-refractivity contribution in [3.63, 3.8) is 0 Å². The second-order valence-electron chi connectivity index (χ2n) is 5.62. The first-order chi connectivity index (χ1) is 7.80. The highest BCUT2D eigenvalue weighted by atomic mass is 16.2. The fourth-order valence-electron chi connectivity index (χ4n) is 1.39. The van der Waals surface area contributed by atoms with Crippen molar-refractivity contribution in [1.82, 2.24) is 10.3 Å². The SMILES string of the molecule is Cc1ccc(C(C)CNC(=O)C(C)(C)C)nc1. The molecule has 1 rings (SSSR count). The van der Waals surface area contributed by atoms with E-state index in [-0.39, 0.29) is 17.2 Å². The second-order valence-corrected chi connectivity index (χ2v) is 5.62. The molecule has 0 fully saturated rings. The van der Waals surface area contributed by atoms with E-state index in [1.165, 1.54) is 0 Å². The van der Waals surface area contributed by atoms with Gasteiger partial charge >= 0.3 is 0 Å². The highest BCUT2D eigenvalue weighted by Crippen LogP contribution is 2.15. The number of pyridine rings is 1. The molecular weight excluding hydrogens is 212 g/mol. The predicted octanol–water partition coefficient (Wildman–Crippen LogP) is 2.66. The maximum atomic E-state index is 11.7. The zero-order chi connectivity index (χ0) is 13.1. The Labute approximate surface area is 104 Å². The summed E-state index contributed by atoms with van der Waals surface area (Å²) in [5, 5.41) is 2.96. The maximum Gasteiger partial charge on any atom is 0.225 e. The topological polar surface area (TPSA) is 42.0 Å². The zero-order valence-corrected chi connectivity index (χ0v) is 11.4. The van der Waals surface area contributed by atoms with Crippen LogP contribution in [0.25, 0.3) is 0 Å². The average molecular weight is 234 g/mol. The molecule has 0 radical (unpaired) electrons. The monoisotopic (exact) mass is 234 g/mol. The Hall–Kier alpha value is -1.38. The molecule has 0 aliphatic heterocycles. The van der Waals surface area contributed by atoms with E-state index in [2.05, 4.69) is 17.2 Å². The Morgan fingerprint density at radius 1 is 1.41 bits per heavy atom. The van der Waals surface area contributed by atoms with Gasteiger partial charge in [0.25, 0.3) is 0 Å². The van der Waals surface area contributed by atoms with Gasteiger partial charge in [0, 0.05) is 29.8 Å². The van der Waals surface area contributed by atoms with E-state index in [0.717, 1.165) is 11.3 Å². The van der Waals surface area contributed by atoms with Crippen molar-refractivity contribution >= 4 is 5.91 Å². The largest absolute Gasteiger partial charge is 0.355 e. The van der Waals surface area contributed by atoms with Crippen molar-refractivity contribution < 1.29 is 4.79 Å². The first kappa shape index (κ1) is 13.7. The van der Waals surface area contributed by atoms with Crippen molar-refractivity contribution in [3.05, 3.63) is 29.6 Å². The first-order valence-corrected chi connectivity index (χ1v) is 6.01. The average Bonchev–Trinajstić information content (AvgIpc) is 2.25. The number of amides is 1. The highest BCUT2D eigenvalue weighted by molar-refractivity contribution is 5.81. The molecule has 1 heterocycles. The first-order valence-electron chi connectivity index (χ1n) is 6.01. The smallest absolute Gasteiger partial charge is 0.225 e. The lowest BCUT2D eigenvalue weighted by atomic mass is 9.95. The highest BCUT2D eigenvalue weighted by Gasteiger charge is 2.21. The van der Waals surface area contributed by atoms with E-state index in [1.807, 2.05) is 46.0 Å². The molecule has 1 atom stereocenters. The van der Waals surface area contributed by atoms with Crippen LogP contribution in [0, 0.1) is 12.3 Å². The van der Waals surface area contributed by atoms with Gasteiger partial charge in [0.1, 0.15) is 0 Å². The van der Waals surface area contributed by atoms with Gasteiger partial charge in [0.15, 0.2) is 0 Å². The number of carbonyl (C=O) groups is 1. The molecule has 3 nitrogen and oxygen atoms in total. The normalized spacial score (nSPS) is 13.2. The Balaban J connectivity index is 2.53. The van der Waals surface area contributed by atoms with Gasteiger partial charge in [-0.25, -0.2) is 0 Å². The number of nitrogens with one attached hydrogen (secondary N) is 1. The molecule has 0 aromatic carbocycles. The van der Waals surface area contributed by atoms with Crippen LogP contribution >= 0.6 is 0 Å². The molecule has 1 aromatic rings. The predicted molar refractivity (Wildman–Crippen MR) is 69.9 cm³/mol. The van der Waals surface area contributed by atoms with Crippen LogP contribution in [0.5, 0.6) is 0 Å². The summed E-state index contributed by atoms with van der Waals surface area (Å²) < 4.78 is 0. The molecule has 1 aromatic heterocycles. The van der Waals surface area contributed by atoms with Crippen LogP contribution < -0.4 is 5.32 Å². The molecule has 0 aliphatic carbocycles. The van der Waals surface area contributed by atoms with Gasteiger partial charge in [0.05, 0.1) is 0 Å². The van der Waals surface area contributed by atoms with E-state index in [1.54, 1.807) is 0 Å². The Kier molecular flexibility index (Phi) is 4.27. The van der Waals surface area contributed by atoms with Crippen molar-refractivity contribution in [2.24, 2.45) is 5.41 Å². The number of hydrogen-bond acceptors (Lipinski definition) is 2. The van der Waals surface area contributed by atoms with Gasteiger partial charge in [-0.2, -0.15) is 0 Å². The third-order valence-electron chi connectivity index (χ3n) is 2.69. The van der Waals surface area contributed by atoms with Crippen LogP contribution in [0.15, 0.2) is 18.3 Å². The number of hydrogen-bond donors (Lipinski definition) is 1. The summed E-state index contributed by atoms with van der Waals surface area (Å²) in [4.78, 5) is 16.1. The Morgan fingerprint density at radius 3 is 2.53 bits per heavy atom. The molecular formula is C14H22N2O. The number of rotatable bonds is 3. The zero-order valence-electron chi connectivity index (χ0n) is 11.4. The molecule has 0 saturated carbocycles. The minimum Gasteiger partial charge on any atom is -0.355 e. The second kappa shape index (κ2) is 5.30. The lowest BCUT2D eigenvalue weighted by Crippen LogP contribution is -2.36. The fourth-order valence-corrected chi connectivity index (χ4v) is 1.39. The molecule has 3 heteroatoms. The minimum absolute atomic E-state index is 0.0801. The van der Waals surface area contributed by atoms with E-state index in [0.29, 0.717) is 6.54 Å². The molecule has 1 unspecified atom stereocenters. The van der Waals surface area contributed by atoms with Crippen LogP contribution in [0.3, 0.4) is 0 Å². The van der Waals surface area contributed by atoms with Gasteiger partial charge in [-0.05, 0) is 18.6 Å². The van der Waals surface area contributed by atoms with Crippen LogP contribution in [-0.2, 0) is 4.79 Å². The number of aryl methyl sites for hydroxylation is 1. The molecule has 0 saturated heterocycles. The lowest BCUT2D eigenvalue weighted by molar-refractivity contribution is -0.128. The van der Waals surface area contributed by atoms with Gasteiger partial charge in [-0.15, -0.1) is 0 Å².